The van der Waals surface area contributed by atoms with Crippen molar-refractivity contribution in [2.45, 2.75) is 6.92 Å². The molecule has 0 fully saturated rings. The van der Waals surface area contributed by atoms with Crippen LogP contribution in [0.15, 0.2) is 36.4 Å². The summed E-state index contributed by atoms with van der Waals surface area (Å²) in [6.07, 6.45) is 0. The summed E-state index contributed by atoms with van der Waals surface area (Å²) in [5, 5.41) is 9.12. The maximum Gasteiger partial charge on any atom is 0.336 e. The maximum absolute atomic E-state index is 11.1. The van der Waals surface area contributed by atoms with E-state index in [1.54, 1.807) is 12.1 Å². The molecule has 0 saturated heterocycles. The summed E-state index contributed by atoms with van der Waals surface area (Å²) < 4.78 is 1.99. The smallest absolute Gasteiger partial charge is 0.336 e. The van der Waals surface area contributed by atoms with Gasteiger partial charge in [-0.1, -0.05) is 18.2 Å². The second kappa shape index (κ2) is 3.85. The van der Waals surface area contributed by atoms with E-state index in [0.29, 0.717) is 5.56 Å². The van der Waals surface area contributed by atoms with Gasteiger partial charge in [-0.3, -0.25) is 0 Å². The Balaban J connectivity index is 2.64. The van der Waals surface area contributed by atoms with Gasteiger partial charge in [-0.05, 0) is 25.1 Å². The number of carbonyl (C=O) groups is 1. The van der Waals surface area contributed by atoms with E-state index in [1.807, 2.05) is 42.8 Å². The third kappa shape index (κ3) is 1.60. The maximum atomic E-state index is 11.1. The van der Waals surface area contributed by atoms with Crippen molar-refractivity contribution in [2.75, 3.05) is 0 Å². The van der Waals surface area contributed by atoms with E-state index in [1.165, 1.54) is 0 Å². The van der Waals surface area contributed by atoms with Crippen molar-refractivity contribution >= 4 is 5.97 Å². The number of carboxylic acid groups (broad SMARTS) is 1. The minimum absolute atomic E-state index is 0.337. The summed E-state index contributed by atoms with van der Waals surface area (Å²) in [6, 6.07) is 11.0. The van der Waals surface area contributed by atoms with Crippen molar-refractivity contribution in [3.8, 4) is 11.3 Å². The van der Waals surface area contributed by atoms with E-state index in [4.69, 9.17) is 5.11 Å². The van der Waals surface area contributed by atoms with Gasteiger partial charge in [0.15, 0.2) is 0 Å². The van der Waals surface area contributed by atoms with Crippen LogP contribution in [0.1, 0.15) is 16.1 Å². The van der Waals surface area contributed by atoms with Crippen LogP contribution in [0.25, 0.3) is 11.3 Å². The van der Waals surface area contributed by atoms with Crippen molar-refractivity contribution in [2.24, 2.45) is 7.05 Å². The largest absolute Gasteiger partial charge is 0.478 e. The lowest BCUT2D eigenvalue weighted by Crippen LogP contribution is -2.02. The minimum atomic E-state index is -0.894. The van der Waals surface area contributed by atoms with Crippen molar-refractivity contribution in [3.63, 3.8) is 0 Å². The molecule has 0 aliphatic rings. The zero-order chi connectivity index (χ0) is 11.7. The van der Waals surface area contributed by atoms with Crippen LogP contribution < -0.4 is 0 Å². The zero-order valence-corrected chi connectivity index (χ0v) is 9.27. The summed E-state index contributed by atoms with van der Waals surface area (Å²) in [5.74, 6) is -0.894. The number of aromatic carboxylic acids is 1. The highest BCUT2D eigenvalue weighted by atomic mass is 16.4. The molecule has 1 aromatic carbocycles. The standard InChI is InChI=1S/C13H13NO2/c1-9-7-8-12(14(9)2)10-5-3-4-6-11(10)13(15)16/h3-8H,1-2H3,(H,15,16). The molecule has 0 aliphatic heterocycles. The molecule has 1 aromatic heterocycles. The molecule has 3 nitrogen and oxygen atoms in total. The Morgan fingerprint density at radius 3 is 2.44 bits per heavy atom. The average Bonchev–Trinajstić information content (AvgIpc) is 2.60. The molecule has 2 rings (SSSR count). The van der Waals surface area contributed by atoms with Gasteiger partial charge in [-0.25, -0.2) is 4.79 Å². The fraction of sp³-hybridized carbons (Fsp3) is 0.154. The third-order valence-corrected chi connectivity index (χ3v) is 2.81. The van der Waals surface area contributed by atoms with E-state index < -0.39 is 5.97 Å². The van der Waals surface area contributed by atoms with Crippen LogP contribution in [0.4, 0.5) is 0 Å². The molecule has 0 bridgehead atoms. The molecule has 1 N–H and O–H groups in total. The summed E-state index contributed by atoms with van der Waals surface area (Å²) >= 11 is 0. The highest BCUT2D eigenvalue weighted by molar-refractivity contribution is 5.95. The van der Waals surface area contributed by atoms with E-state index in [0.717, 1.165) is 17.0 Å². The zero-order valence-electron chi connectivity index (χ0n) is 9.27. The van der Waals surface area contributed by atoms with Crippen molar-refractivity contribution in [3.05, 3.63) is 47.7 Å². The van der Waals surface area contributed by atoms with Gasteiger partial charge in [0.2, 0.25) is 0 Å². The summed E-state index contributed by atoms with van der Waals surface area (Å²) in [6.45, 7) is 1.99. The molecule has 0 saturated carbocycles. The number of aryl methyl sites for hydroxylation is 1. The predicted molar refractivity (Wildman–Crippen MR) is 62.5 cm³/mol. The normalized spacial score (nSPS) is 10.4. The third-order valence-electron chi connectivity index (χ3n) is 2.81. The second-order valence-electron chi connectivity index (χ2n) is 3.77. The fourth-order valence-electron chi connectivity index (χ4n) is 1.78. The summed E-state index contributed by atoms with van der Waals surface area (Å²) in [7, 11) is 1.93. The van der Waals surface area contributed by atoms with Crippen LogP contribution >= 0.6 is 0 Å². The molecular formula is C13H13NO2. The Bertz CT molecular complexity index is 541. The Labute approximate surface area is 94.0 Å². The Hall–Kier alpha value is -2.03. The molecule has 1 heterocycles. The topological polar surface area (TPSA) is 42.2 Å². The van der Waals surface area contributed by atoms with Crippen LogP contribution in [0.2, 0.25) is 0 Å². The van der Waals surface area contributed by atoms with Crippen molar-refractivity contribution < 1.29 is 9.90 Å². The number of hydrogen-bond acceptors (Lipinski definition) is 1. The van der Waals surface area contributed by atoms with Gasteiger partial charge in [0.25, 0.3) is 0 Å². The first-order chi connectivity index (χ1) is 7.61. The predicted octanol–water partition coefficient (Wildman–Crippen LogP) is 2.70. The number of hydrogen-bond donors (Lipinski definition) is 1. The van der Waals surface area contributed by atoms with Crippen LogP contribution in [0.3, 0.4) is 0 Å². The fourth-order valence-corrected chi connectivity index (χ4v) is 1.78. The Kier molecular flexibility index (Phi) is 2.52. The quantitative estimate of drug-likeness (QED) is 0.836. The van der Waals surface area contributed by atoms with Gasteiger partial charge >= 0.3 is 5.97 Å². The van der Waals surface area contributed by atoms with E-state index in [-0.39, 0.29) is 0 Å². The second-order valence-corrected chi connectivity index (χ2v) is 3.77. The highest BCUT2D eigenvalue weighted by Crippen LogP contribution is 2.25. The van der Waals surface area contributed by atoms with Crippen molar-refractivity contribution in [1.82, 2.24) is 4.57 Å². The molecule has 82 valence electrons. The lowest BCUT2D eigenvalue weighted by molar-refractivity contribution is 0.0697. The number of aromatic nitrogens is 1. The SMILES string of the molecule is Cc1ccc(-c2ccccc2C(=O)O)n1C. The van der Waals surface area contributed by atoms with Gasteiger partial charge in [0.05, 0.1) is 5.56 Å². The molecule has 0 amide bonds. The number of nitrogens with zero attached hydrogens (tertiary/aromatic N) is 1. The van der Waals surface area contributed by atoms with Crippen LogP contribution in [-0.2, 0) is 7.05 Å². The van der Waals surface area contributed by atoms with Gasteiger partial charge in [0, 0.05) is 24.0 Å². The van der Waals surface area contributed by atoms with E-state index in [2.05, 4.69) is 0 Å². The molecule has 3 heteroatoms. The summed E-state index contributed by atoms with van der Waals surface area (Å²) in [5.41, 5.74) is 3.12. The van der Waals surface area contributed by atoms with Crippen LogP contribution in [-0.4, -0.2) is 15.6 Å². The monoisotopic (exact) mass is 215 g/mol. The molecule has 16 heavy (non-hydrogen) atoms. The van der Waals surface area contributed by atoms with Gasteiger partial charge in [0.1, 0.15) is 0 Å². The minimum Gasteiger partial charge on any atom is -0.478 e. The first-order valence-corrected chi connectivity index (χ1v) is 5.06. The number of carboxylic acids is 1. The Morgan fingerprint density at radius 1 is 1.19 bits per heavy atom. The first-order valence-electron chi connectivity index (χ1n) is 5.06. The highest BCUT2D eigenvalue weighted by Gasteiger charge is 2.13. The molecule has 0 radical (unpaired) electrons. The van der Waals surface area contributed by atoms with Crippen LogP contribution in [0.5, 0.6) is 0 Å². The van der Waals surface area contributed by atoms with E-state index >= 15 is 0 Å². The van der Waals surface area contributed by atoms with Gasteiger partial charge < -0.3 is 9.67 Å². The first kappa shape index (κ1) is 10.5. The molecule has 0 unspecified atom stereocenters. The molecular weight excluding hydrogens is 202 g/mol. The van der Waals surface area contributed by atoms with E-state index in [9.17, 15) is 4.79 Å². The number of rotatable bonds is 2. The molecule has 0 aliphatic carbocycles. The molecule has 2 aromatic rings. The van der Waals surface area contributed by atoms with Gasteiger partial charge in [-0.15, -0.1) is 0 Å². The molecule has 0 spiro atoms. The molecule has 0 atom stereocenters. The Morgan fingerprint density at radius 2 is 1.88 bits per heavy atom. The lowest BCUT2D eigenvalue weighted by Gasteiger charge is -2.08. The van der Waals surface area contributed by atoms with Crippen molar-refractivity contribution in [1.29, 1.82) is 0 Å². The average molecular weight is 215 g/mol. The lowest BCUT2D eigenvalue weighted by atomic mass is 10.0. The van der Waals surface area contributed by atoms with Gasteiger partial charge in [-0.2, -0.15) is 0 Å². The summed E-state index contributed by atoms with van der Waals surface area (Å²) in [4.78, 5) is 11.1. The van der Waals surface area contributed by atoms with Crippen LogP contribution in [0, 0.1) is 6.92 Å². The number of benzene rings is 1.